The summed E-state index contributed by atoms with van der Waals surface area (Å²) in [5.74, 6) is -0.0459. The van der Waals surface area contributed by atoms with E-state index in [0.29, 0.717) is 16.3 Å². The number of thioether (sulfide) groups is 1. The predicted octanol–water partition coefficient (Wildman–Crippen LogP) is 5.58. The number of nitrogens with one attached hydrogen (secondary N) is 1. The summed E-state index contributed by atoms with van der Waals surface area (Å²) in [5, 5.41) is 3.68. The van der Waals surface area contributed by atoms with Crippen LogP contribution in [0.25, 0.3) is 0 Å². The fraction of sp³-hybridized carbons (Fsp3) is 0.440. The van der Waals surface area contributed by atoms with Crippen molar-refractivity contribution in [3.05, 3.63) is 70.5 Å². The Morgan fingerprint density at radius 3 is 2.44 bits per heavy atom. The lowest BCUT2D eigenvalue weighted by Gasteiger charge is -2.31. The van der Waals surface area contributed by atoms with Gasteiger partial charge < -0.3 is 10.2 Å². The summed E-state index contributed by atoms with van der Waals surface area (Å²) >= 11 is 7.67. The maximum absolute atomic E-state index is 13.9. The lowest BCUT2D eigenvalue weighted by atomic mass is 9.95. The summed E-state index contributed by atoms with van der Waals surface area (Å²) in [4.78, 5) is 27.7. The van der Waals surface area contributed by atoms with Gasteiger partial charge in [-0.05, 0) is 43.0 Å². The van der Waals surface area contributed by atoms with Crippen LogP contribution in [0.1, 0.15) is 50.2 Å². The molecule has 0 radical (unpaired) electrons. The molecule has 1 aliphatic rings. The Morgan fingerprint density at radius 2 is 1.75 bits per heavy atom. The van der Waals surface area contributed by atoms with Gasteiger partial charge in [0.1, 0.15) is 11.9 Å². The molecule has 172 valence electrons. The van der Waals surface area contributed by atoms with Crippen LogP contribution < -0.4 is 5.32 Å². The van der Waals surface area contributed by atoms with Crippen LogP contribution in [-0.2, 0) is 21.9 Å². The zero-order chi connectivity index (χ0) is 22.9. The van der Waals surface area contributed by atoms with Crippen LogP contribution in [0.3, 0.4) is 0 Å². The van der Waals surface area contributed by atoms with Crippen molar-refractivity contribution in [2.24, 2.45) is 0 Å². The van der Waals surface area contributed by atoms with Crippen molar-refractivity contribution >= 4 is 35.2 Å². The molecule has 2 amide bonds. The minimum Gasteiger partial charge on any atom is -0.352 e. The van der Waals surface area contributed by atoms with Gasteiger partial charge in [0.2, 0.25) is 11.8 Å². The van der Waals surface area contributed by atoms with E-state index in [0.717, 1.165) is 31.2 Å². The highest BCUT2D eigenvalue weighted by Crippen LogP contribution is 2.22. The average molecular weight is 477 g/mol. The van der Waals surface area contributed by atoms with E-state index in [1.54, 1.807) is 36.1 Å². The van der Waals surface area contributed by atoms with E-state index >= 15 is 0 Å². The van der Waals surface area contributed by atoms with Crippen LogP contribution >= 0.6 is 23.4 Å². The largest absolute Gasteiger partial charge is 0.352 e. The minimum atomic E-state index is -0.630. The Bertz CT molecular complexity index is 920. The molecule has 2 aromatic rings. The molecule has 0 saturated heterocycles. The Kier molecular flexibility index (Phi) is 9.42. The second-order valence-corrected chi connectivity index (χ2v) is 9.61. The molecule has 0 unspecified atom stereocenters. The van der Waals surface area contributed by atoms with E-state index in [-0.39, 0.29) is 36.0 Å². The highest BCUT2D eigenvalue weighted by Gasteiger charge is 2.28. The van der Waals surface area contributed by atoms with Crippen LogP contribution in [0.5, 0.6) is 0 Å². The highest BCUT2D eigenvalue weighted by molar-refractivity contribution is 7.99. The van der Waals surface area contributed by atoms with Gasteiger partial charge in [-0.15, -0.1) is 11.8 Å². The van der Waals surface area contributed by atoms with E-state index < -0.39 is 6.04 Å². The quantitative estimate of drug-likeness (QED) is 0.514. The molecule has 1 fully saturated rings. The molecular formula is C25H30ClFN2O2S. The Hall–Kier alpha value is -2.05. The molecule has 3 rings (SSSR count). The molecule has 2 aromatic carbocycles. The second-order valence-electron chi connectivity index (χ2n) is 8.22. The maximum Gasteiger partial charge on any atom is 0.242 e. The first kappa shape index (κ1) is 24.6. The van der Waals surface area contributed by atoms with Crippen molar-refractivity contribution in [2.45, 2.75) is 63.4 Å². The number of amides is 2. The van der Waals surface area contributed by atoms with E-state index in [1.165, 1.54) is 24.2 Å². The summed E-state index contributed by atoms with van der Waals surface area (Å²) in [6, 6.07) is 13.4. The van der Waals surface area contributed by atoms with Gasteiger partial charge in [-0.2, -0.15) is 0 Å². The number of hydrogen-bond donors (Lipinski definition) is 1. The molecule has 0 bridgehead atoms. The third-order valence-electron chi connectivity index (χ3n) is 5.86. The van der Waals surface area contributed by atoms with Gasteiger partial charge in [0.05, 0.1) is 5.75 Å². The normalized spacial score (nSPS) is 15.2. The Balaban J connectivity index is 1.67. The summed E-state index contributed by atoms with van der Waals surface area (Å²) < 4.78 is 13.9. The molecule has 1 saturated carbocycles. The monoisotopic (exact) mass is 476 g/mol. The smallest absolute Gasteiger partial charge is 0.242 e. The Morgan fingerprint density at radius 1 is 1.09 bits per heavy atom. The third kappa shape index (κ3) is 6.97. The lowest BCUT2D eigenvalue weighted by molar-refractivity contribution is -0.139. The minimum absolute atomic E-state index is 0.142. The van der Waals surface area contributed by atoms with Crippen LogP contribution in [0.2, 0.25) is 5.02 Å². The van der Waals surface area contributed by atoms with Crippen molar-refractivity contribution < 1.29 is 14.0 Å². The van der Waals surface area contributed by atoms with E-state index in [2.05, 4.69) is 5.32 Å². The molecule has 1 aliphatic carbocycles. The number of hydrogen-bond acceptors (Lipinski definition) is 3. The molecule has 32 heavy (non-hydrogen) atoms. The van der Waals surface area contributed by atoms with Crippen molar-refractivity contribution in [1.82, 2.24) is 10.2 Å². The van der Waals surface area contributed by atoms with Crippen LogP contribution in [0.4, 0.5) is 4.39 Å². The van der Waals surface area contributed by atoms with Gasteiger partial charge >= 0.3 is 0 Å². The first-order valence-electron chi connectivity index (χ1n) is 11.1. The van der Waals surface area contributed by atoms with Crippen molar-refractivity contribution in [2.75, 3.05) is 5.75 Å². The van der Waals surface area contributed by atoms with Gasteiger partial charge in [0.25, 0.3) is 0 Å². The summed E-state index contributed by atoms with van der Waals surface area (Å²) in [7, 11) is 0. The maximum atomic E-state index is 13.9. The predicted molar refractivity (Wildman–Crippen MR) is 129 cm³/mol. The van der Waals surface area contributed by atoms with Crippen molar-refractivity contribution in [3.8, 4) is 0 Å². The number of rotatable bonds is 9. The van der Waals surface area contributed by atoms with E-state index in [9.17, 15) is 14.0 Å². The van der Waals surface area contributed by atoms with Gasteiger partial charge in [0.15, 0.2) is 0 Å². The van der Waals surface area contributed by atoms with Gasteiger partial charge in [-0.3, -0.25) is 9.59 Å². The number of nitrogens with zero attached hydrogens (tertiary/aromatic N) is 1. The van der Waals surface area contributed by atoms with Crippen LogP contribution in [-0.4, -0.2) is 34.6 Å². The molecule has 0 spiro atoms. The van der Waals surface area contributed by atoms with Crippen molar-refractivity contribution in [1.29, 1.82) is 0 Å². The number of carbonyl (C=O) groups is 2. The average Bonchev–Trinajstić information content (AvgIpc) is 2.80. The molecule has 0 aliphatic heterocycles. The van der Waals surface area contributed by atoms with E-state index in [1.807, 2.05) is 18.2 Å². The van der Waals surface area contributed by atoms with Crippen LogP contribution in [0.15, 0.2) is 48.5 Å². The molecule has 1 atom stereocenters. The van der Waals surface area contributed by atoms with E-state index in [4.69, 9.17) is 11.6 Å². The number of benzene rings is 2. The summed E-state index contributed by atoms with van der Waals surface area (Å²) in [6.45, 7) is 2.01. The number of carbonyl (C=O) groups excluding carboxylic acids is 2. The summed E-state index contributed by atoms with van der Waals surface area (Å²) in [6.07, 6.45) is 5.41. The first-order chi connectivity index (χ1) is 15.5. The zero-order valence-electron chi connectivity index (χ0n) is 18.4. The fourth-order valence-corrected chi connectivity index (χ4v) is 5.00. The second kappa shape index (κ2) is 12.3. The summed E-state index contributed by atoms with van der Waals surface area (Å²) in [5.41, 5.74) is 1.35. The topological polar surface area (TPSA) is 49.4 Å². The lowest BCUT2D eigenvalue weighted by Crippen LogP contribution is -2.50. The molecule has 0 aromatic heterocycles. The molecule has 7 heteroatoms. The van der Waals surface area contributed by atoms with Gasteiger partial charge in [0, 0.05) is 23.4 Å². The fourth-order valence-electron chi connectivity index (χ4n) is 3.91. The van der Waals surface area contributed by atoms with Gasteiger partial charge in [-0.25, -0.2) is 4.39 Å². The Labute approximate surface area is 198 Å². The molecule has 4 nitrogen and oxygen atoms in total. The third-order valence-corrected chi connectivity index (χ3v) is 7.19. The molecule has 1 N–H and O–H groups in total. The molecular weight excluding hydrogens is 447 g/mol. The number of halogens is 2. The van der Waals surface area contributed by atoms with Crippen LogP contribution in [0, 0.1) is 5.82 Å². The van der Waals surface area contributed by atoms with Crippen molar-refractivity contribution in [3.63, 3.8) is 0 Å². The highest BCUT2D eigenvalue weighted by atomic mass is 35.5. The standard InChI is InChI=1S/C25H30ClFN2O2S/c1-18(25(31)28-21-11-3-2-4-12-21)29(15-19-9-5-7-13-22(19)26)24(30)17-32-16-20-10-6-8-14-23(20)27/h5-10,13-14,18,21H,2-4,11-12,15-17H2,1H3,(H,28,31)/t18-/m1/s1. The zero-order valence-corrected chi connectivity index (χ0v) is 19.9. The molecule has 0 heterocycles. The first-order valence-corrected chi connectivity index (χ1v) is 12.6. The SMILES string of the molecule is C[C@H](C(=O)NC1CCCCC1)N(Cc1ccccc1Cl)C(=O)CSCc1ccccc1F. The van der Waals surface area contributed by atoms with Gasteiger partial charge in [-0.1, -0.05) is 67.3 Å².